The second kappa shape index (κ2) is 11.1. The van der Waals surface area contributed by atoms with Crippen molar-refractivity contribution in [3.05, 3.63) is 46.5 Å². The minimum absolute atomic E-state index is 0.0301. The molecule has 2 rings (SSSR count). The van der Waals surface area contributed by atoms with Gasteiger partial charge < -0.3 is 19.3 Å². The molecule has 0 saturated carbocycles. The quantitative estimate of drug-likeness (QED) is 0.326. The molecule has 0 amide bonds. The summed E-state index contributed by atoms with van der Waals surface area (Å²) in [7, 11) is 8.05. The zero-order chi connectivity index (χ0) is 24.8. The maximum Gasteiger partial charge on any atom is 0.169 e. The van der Waals surface area contributed by atoms with Gasteiger partial charge in [0.1, 0.15) is 13.1 Å². The van der Waals surface area contributed by atoms with Crippen LogP contribution < -0.4 is 14.2 Å². The zero-order valence-electron chi connectivity index (χ0n) is 21.0. The lowest BCUT2D eigenvalue weighted by Gasteiger charge is -2.31. The van der Waals surface area contributed by atoms with E-state index in [2.05, 4.69) is 6.92 Å². The van der Waals surface area contributed by atoms with E-state index >= 15 is 0 Å². The van der Waals surface area contributed by atoms with Crippen LogP contribution in [0.4, 0.5) is 0 Å². The van der Waals surface area contributed by atoms with Crippen LogP contribution in [0.2, 0.25) is 0 Å². The van der Waals surface area contributed by atoms with Crippen molar-refractivity contribution in [1.82, 2.24) is 0 Å². The Morgan fingerprint density at radius 2 is 1.15 bits per heavy atom. The van der Waals surface area contributed by atoms with Crippen molar-refractivity contribution in [2.24, 2.45) is 0 Å². The van der Waals surface area contributed by atoms with Crippen LogP contribution in [0.3, 0.4) is 0 Å². The average Bonchev–Trinajstić information content (AvgIpc) is 2.78. The monoisotopic (exact) mass is 464 g/mol. The number of likely N-dealkylation sites (N-methyl/N-ethyl adjacent to an activating group) is 2. The summed E-state index contributed by atoms with van der Waals surface area (Å²) in [4.78, 5) is 0. The highest BCUT2D eigenvalue weighted by Gasteiger charge is 2.31. The third-order valence-corrected chi connectivity index (χ3v) is 5.95. The molecule has 0 aliphatic carbocycles. The molecule has 0 heterocycles. The lowest BCUT2D eigenvalue weighted by atomic mass is 10.1. The van der Waals surface area contributed by atoms with Gasteiger partial charge in [0.25, 0.3) is 0 Å². The van der Waals surface area contributed by atoms with E-state index in [0.717, 1.165) is 29.5 Å². The fraction of sp³-hybridized carbons (Fsp3) is 0.520. The molecule has 3 N–H and O–H groups in total. The minimum atomic E-state index is -0.395. The Morgan fingerprint density at radius 3 is 1.61 bits per heavy atom. The topological polar surface area (TPSA) is 88.4 Å². The van der Waals surface area contributed by atoms with E-state index in [1.54, 1.807) is 34.4 Å². The third-order valence-electron chi connectivity index (χ3n) is 5.95. The van der Waals surface area contributed by atoms with Crippen LogP contribution in [0.25, 0.3) is 0 Å². The number of nitrogens with zero attached hydrogens (tertiary/aromatic N) is 2. The average molecular weight is 465 g/mol. The van der Waals surface area contributed by atoms with Gasteiger partial charge in [-0.1, -0.05) is 13.8 Å². The highest BCUT2D eigenvalue weighted by Crippen LogP contribution is 2.35. The smallest absolute Gasteiger partial charge is 0.169 e. The molecule has 2 aromatic carbocycles. The van der Waals surface area contributed by atoms with Crippen LogP contribution in [0.1, 0.15) is 36.1 Å². The summed E-state index contributed by atoms with van der Waals surface area (Å²) in [5.41, 5.74) is 3.54. The Kier molecular flexibility index (Phi) is 8.97. The molecule has 2 unspecified atom stereocenters. The summed E-state index contributed by atoms with van der Waals surface area (Å²) >= 11 is 0. The molecular formula is C25H40N2O6+2. The predicted molar refractivity (Wildman–Crippen MR) is 126 cm³/mol. The van der Waals surface area contributed by atoms with Gasteiger partial charge in [0.15, 0.2) is 36.1 Å². The Hall–Kier alpha value is -2.52. The predicted octanol–water partition coefficient (Wildman–Crippen LogP) is 3.91. The Morgan fingerprint density at radius 1 is 0.697 bits per heavy atom. The summed E-state index contributed by atoms with van der Waals surface area (Å²) in [6.07, 6.45) is 1.62. The molecule has 0 aliphatic heterocycles. The molecule has 8 nitrogen and oxygen atoms in total. The van der Waals surface area contributed by atoms with Gasteiger partial charge in [-0.3, -0.25) is 0 Å². The molecule has 0 fully saturated rings. The molecule has 0 spiro atoms. The number of phenols is 1. The number of hydrogen-bond acceptors (Lipinski definition) is 6. The van der Waals surface area contributed by atoms with Crippen molar-refractivity contribution < 1.29 is 39.0 Å². The molecule has 0 aliphatic rings. The number of benzene rings is 2. The Bertz CT molecular complexity index is 943. The molecular weight excluding hydrogens is 424 g/mol. The van der Waals surface area contributed by atoms with Crippen molar-refractivity contribution >= 4 is 0 Å². The van der Waals surface area contributed by atoms with E-state index in [1.165, 1.54) is 7.11 Å². The van der Waals surface area contributed by atoms with Crippen molar-refractivity contribution in [3.63, 3.8) is 0 Å². The van der Waals surface area contributed by atoms with Gasteiger partial charge in [0.2, 0.25) is 0 Å². The largest absolute Gasteiger partial charge is 0.504 e. The number of methoxy groups -OCH3 is 3. The second-order valence-corrected chi connectivity index (χ2v) is 8.94. The fourth-order valence-electron chi connectivity index (χ4n) is 3.96. The molecule has 0 aromatic heterocycles. The van der Waals surface area contributed by atoms with Crippen LogP contribution in [-0.4, -0.2) is 73.3 Å². The molecule has 2 atom stereocenters. The normalized spacial score (nSPS) is 14.9. The van der Waals surface area contributed by atoms with Gasteiger partial charge in [0, 0.05) is 0 Å². The molecule has 2 aromatic rings. The number of hydroxylamine groups is 6. The van der Waals surface area contributed by atoms with E-state index in [9.17, 15) is 15.5 Å². The van der Waals surface area contributed by atoms with Gasteiger partial charge in [-0.2, -0.15) is 9.29 Å². The van der Waals surface area contributed by atoms with Crippen molar-refractivity contribution in [3.8, 4) is 23.0 Å². The van der Waals surface area contributed by atoms with Crippen molar-refractivity contribution in [2.45, 2.75) is 39.8 Å². The fourth-order valence-corrected chi connectivity index (χ4v) is 3.96. The first-order valence-electron chi connectivity index (χ1n) is 11.3. The number of rotatable bonds is 12. The maximum atomic E-state index is 11.1. The molecule has 0 bridgehead atoms. The van der Waals surface area contributed by atoms with Gasteiger partial charge >= 0.3 is 0 Å². The van der Waals surface area contributed by atoms with E-state index < -0.39 is 4.65 Å². The summed E-state index contributed by atoms with van der Waals surface area (Å²) < 4.78 is 15.6. The summed E-state index contributed by atoms with van der Waals surface area (Å²) in [5, 5.41) is 32.7. The first kappa shape index (κ1) is 26.7. The highest BCUT2D eigenvalue weighted by molar-refractivity contribution is 5.49. The number of quaternary nitrogens is 2. The SMILES string of the molecule is CCc1cc(C[N+](C)(O)CC[N+](C)(O)Cc2cc(CC)cc(OC)c2OC)c(O)c(OC)c1. The van der Waals surface area contributed by atoms with Gasteiger partial charge in [0.05, 0.1) is 46.6 Å². The van der Waals surface area contributed by atoms with Gasteiger partial charge in [-0.05, 0) is 48.2 Å². The summed E-state index contributed by atoms with van der Waals surface area (Å²) in [6, 6.07) is 7.64. The lowest BCUT2D eigenvalue weighted by Crippen LogP contribution is -2.50. The van der Waals surface area contributed by atoms with Crippen LogP contribution in [0.5, 0.6) is 23.0 Å². The second-order valence-electron chi connectivity index (χ2n) is 8.94. The molecule has 184 valence electrons. The Balaban J connectivity index is 2.18. The molecule has 33 heavy (non-hydrogen) atoms. The van der Waals surface area contributed by atoms with Crippen LogP contribution in [0.15, 0.2) is 24.3 Å². The van der Waals surface area contributed by atoms with E-state index in [0.29, 0.717) is 22.8 Å². The van der Waals surface area contributed by atoms with E-state index in [4.69, 9.17) is 14.2 Å². The number of hydrogen-bond donors (Lipinski definition) is 3. The number of ether oxygens (including phenoxy) is 3. The number of aryl methyl sites for hydroxylation is 2. The summed E-state index contributed by atoms with van der Waals surface area (Å²) in [6.45, 7) is 5.09. The third kappa shape index (κ3) is 6.98. The van der Waals surface area contributed by atoms with E-state index in [1.807, 2.05) is 25.1 Å². The first-order chi connectivity index (χ1) is 15.5. The van der Waals surface area contributed by atoms with Crippen molar-refractivity contribution in [1.29, 1.82) is 0 Å². The first-order valence-corrected chi connectivity index (χ1v) is 11.3. The highest BCUT2D eigenvalue weighted by atomic mass is 16.6. The standard InChI is InChI=1S/C25H39N2O6/c1-8-18-12-20(24(28)22(14-18)31-5)16-26(3,29)10-11-27(4,30)17-21-13-19(9-2)15-23(32-6)25(21)33-7/h12-15,29-30H,8-11,16-17H2,1-7H3/q+1/p+1. The minimum Gasteiger partial charge on any atom is -0.504 e. The lowest BCUT2D eigenvalue weighted by molar-refractivity contribution is -1.14. The number of phenolic OH excluding ortho intramolecular Hbond substituents is 1. The maximum absolute atomic E-state index is 11.1. The molecule has 0 radical (unpaired) electrons. The number of aromatic hydroxyl groups is 1. The molecule has 0 saturated heterocycles. The summed E-state index contributed by atoms with van der Waals surface area (Å²) in [5.74, 6) is 1.66. The van der Waals surface area contributed by atoms with Gasteiger partial charge in [-0.15, -0.1) is 0 Å². The van der Waals surface area contributed by atoms with Crippen LogP contribution >= 0.6 is 0 Å². The Labute approximate surface area is 197 Å². The zero-order valence-corrected chi connectivity index (χ0v) is 21.0. The van der Waals surface area contributed by atoms with Gasteiger partial charge in [-0.25, -0.2) is 10.4 Å². The van der Waals surface area contributed by atoms with Crippen LogP contribution in [0, 0.1) is 0 Å². The molecule has 8 heteroatoms. The van der Waals surface area contributed by atoms with Crippen LogP contribution in [-0.2, 0) is 25.9 Å². The van der Waals surface area contributed by atoms with Crippen molar-refractivity contribution in [2.75, 3.05) is 48.5 Å². The van der Waals surface area contributed by atoms with E-state index in [-0.39, 0.29) is 36.6 Å².